The van der Waals surface area contributed by atoms with Gasteiger partial charge in [0.15, 0.2) is 17.3 Å². The molecule has 1 aliphatic heterocycles. The minimum absolute atomic E-state index is 0.0340. The maximum atomic E-state index is 13.5. The summed E-state index contributed by atoms with van der Waals surface area (Å²) in [6, 6.07) is 9.62. The molecule has 156 valence electrons. The fourth-order valence-corrected chi connectivity index (χ4v) is 3.50. The molecule has 30 heavy (non-hydrogen) atoms. The van der Waals surface area contributed by atoms with E-state index in [-0.39, 0.29) is 17.7 Å². The summed E-state index contributed by atoms with van der Waals surface area (Å²) in [5.74, 6) is 0.918. The van der Waals surface area contributed by atoms with Gasteiger partial charge in [0.25, 0.3) is 0 Å². The topological polar surface area (TPSA) is 70.9 Å². The molecule has 1 fully saturated rings. The van der Waals surface area contributed by atoms with Gasteiger partial charge >= 0.3 is 6.18 Å². The van der Waals surface area contributed by atoms with Crippen molar-refractivity contribution in [1.29, 1.82) is 0 Å². The number of piperidine rings is 1. The van der Waals surface area contributed by atoms with E-state index in [4.69, 9.17) is 0 Å². The van der Waals surface area contributed by atoms with Crippen molar-refractivity contribution in [1.82, 2.24) is 25.1 Å². The molecule has 0 spiro atoms. The summed E-state index contributed by atoms with van der Waals surface area (Å²) in [5, 5.41) is 8.06. The largest absolute Gasteiger partial charge is 0.433 e. The first-order chi connectivity index (χ1) is 14.4. The molecule has 0 saturated carbocycles. The van der Waals surface area contributed by atoms with Crippen molar-refractivity contribution in [2.75, 3.05) is 29.9 Å². The van der Waals surface area contributed by atoms with Crippen molar-refractivity contribution in [3.63, 3.8) is 0 Å². The fraction of sp³-hybridized carbons (Fsp3) is 0.350. The van der Waals surface area contributed by atoms with Gasteiger partial charge in [-0.3, -0.25) is 4.98 Å². The molecule has 0 N–H and O–H groups in total. The lowest BCUT2D eigenvalue weighted by atomic mass is 10.0. The average molecular weight is 415 g/mol. The first-order valence-corrected chi connectivity index (χ1v) is 9.55. The van der Waals surface area contributed by atoms with Gasteiger partial charge in [-0.2, -0.15) is 18.3 Å². The fourth-order valence-electron chi connectivity index (χ4n) is 3.50. The van der Waals surface area contributed by atoms with Crippen LogP contribution in [0.15, 0.2) is 48.8 Å². The summed E-state index contributed by atoms with van der Waals surface area (Å²) in [6.07, 6.45) is 0.242. The first kappa shape index (κ1) is 20.0. The van der Waals surface area contributed by atoms with Crippen LogP contribution in [0.5, 0.6) is 0 Å². The van der Waals surface area contributed by atoms with Gasteiger partial charge < -0.3 is 9.80 Å². The molecule has 0 radical (unpaired) electrons. The Morgan fingerprint density at radius 2 is 1.97 bits per heavy atom. The number of pyridine rings is 1. The van der Waals surface area contributed by atoms with Gasteiger partial charge in [0.2, 0.25) is 0 Å². The minimum Gasteiger partial charge on any atom is -0.355 e. The number of nitrogens with zero attached hydrogens (tertiary/aromatic N) is 7. The third-order valence-electron chi connectivity index (χ3n) is 5.08. The molecular weight excluding hydrogens is 395 g/mol. The number of hydrogen-bond acceptors (Lipinski definition) is 7. The molecule has 4 rings (SSSR count). The molecule has 1 saturated heterocycles. The second-order valence-corrected chi connectivity index (χ2v) is 7.08. The van der Waals surface area contributed by atoms with Crippen LogP contribution in [-0.2, 0) is 6.18 Å². The second kappa shape index (κ2) is 8.21. The molecule has 10 heteroatoms. The van der Waals surface area contributed by atoms with Gasteiger partial charge in [-0.25, -0.2) is 9.97 Å². The third-order valence-corrected chi connectivity index (χ3v) is 5.08. The number of likely N-dealkylation sites (N-methyl/N-ethyl adjacent to an activating group) is 1. The van der Waals surface area contributed by atoms with Crippen LogP contribution in [0.1, 0.15) is 18.5 Å². The van der Waals surface area contributed by atoms with Crippen molar-refractivity contribution in [3.8, 4) is 11.5 Å². The van der Waals surface area contributed by atoms with E-state index >= 15 is 0 Å². The van der Waals surface area contributed by atoms with E-state index in [9.17, 15) is 13.2 Å². The Hall–Kier alpha value is -3.30. The molecule has 0 aromatic carbocycles. The van der Waals surface area contributed by atoms with Crippen LogP contribution in [0.3, 0.4) is 0 Å². The Morgan fingerprint density at radius 1 is 1.10 bits per heavy atom. The molecule has 3 aromatic rings. The number of anilines is 2. The Balaban J connectivity index is 1.65. The Labute approximate surface area is 171 Å². The highest BCUT2D eigenvalue weighted by Gasteiger charge is 2.35. The number of rotatable bonds is 4. The van der Waals surface area contributed by atoms with E-state index in [1.54, 1.807) is 36.3 Å². The molecule has 1 aliphatic rings. The lowest BCUT2D eigenvalue weighted by molar-refractivity contribution is -0.141. The van der Waals surface area contributed by atoms with E-state index in [1.165, 1.54) is 6.20 Å². The lowest BCUT2D eigenvalue weighted by Gasteiger charge is -2.38. The summed E-state index contributed by atoms with van der Waals surface area (Å²) in [7, 11) is 1.76. The second-order valence-electron chi connectivity index (χ2n) is 7.08. The van der Waals surface area contributed by atoms with E-state index in [2.05, 4.69) is 30.0 Å². The highest BCUT2D eigenvalue weighted by Crippen LogP contribution is 2.32. The van der Waals surface area contributed by atoms with Crippen LogP contribution in [0.2, 0.25) is 0 Å². The molecular formula is C20H20F3N7. The van der Waals surface area contributed by atoms with Crippen molar-refractivity contribution in [2.45, 2.75) is 25.1 Å². The van der Waals surface area contributed by atoms with Crippen molar-refractivity contribution in [3.05, 3.63) is 54.5 Å². The first-order valence-electron chi connectivity index (χ1n) is 9.55. The van der Waals surface area contributed by atoms with Gasteiger partial charge in [-0.05, 0) is 37.1 Å². The normalized spacial score (nSPS) is 17.1. The zero-order chi connectivity index (χ0) is 21.1. The van der Waals surface area contributed by atoms with Crippen LogP contribution in [0.25, 0.3) is 11.5 Å². The molecule has 1 atom stereocenters. The molecule has 0 bridgehead atoms. The summed E-state index contributed by atoms with van der Waals surface area (Å²) in [4.78, 5) is 16.1. The van der Waals surface area contributed by atoms with E-state index in [1.807, 2.05) is 12.1 Å². The predicted molar refractivity (Wildman–Crippen MR) is 106 cm³/mol. The number of hydrogen-bond donors (Lipinski definition) is 0. The summed E-state index contributed by atoms with van der Waals surface area (Å²) in [5.41, 5.74) is -0.690. The Kier molecular flexibility index (Phi) is 5.47. The Bertz CT molecular complexity index is 983. The van der Waals surface area contributed by atoms with E-state index in [0.29, 0.717) is 12.2 Å². The van der Waals surface area contributed by atoms with Gasteiger partial charge in [0, 0.05) is 44.6 Å². The zero-order valence-electron chi connectivity index (χ0n) is 16.3. The summed E-state index contributed by atoms with van der Waals surface area (Å²) >= 11 is 0. The van der Waals surface area contributed by atoms with Gasteiger partial charge in [-0.15, -0.1) is 5.10 Å². The molecule has 0 aliphatic carbocycles. The van der Waals surface area contributed by atoms with Crippen molar-refractivity contribution in [2.24, 2.45) is 0 Å². The zero-order valence-corrected chi connectivity index (χ0v) is 16.3. The number of aromatic nitrogens is 5. The quantitative estimate of drug-likeness (QED) is 0.646. The van der Waals surface area contributed by atoms with Crippen molar-refractivity contribution >= 4 is 11.6 Å². The monoisotopic (exact) mass is 415 g/mol. The van der Waals surface area contributed by atoms with E-state index < -0.39 is 11.9 Å². The van der Waals surface area contributed by atoms with Crippen LogP contribution in [0.4, 0.5) is 24.8 Å². The molecule has 4 heterocycles. The van der Waals surface area contributed by atoms with Crippen molar-refractivity contribution < 1.29 is 13.2 Å². The van der Waals surface area contributed by atoms with Crippen LogP contribution < -0.4 is 9.80 Å². The lowest BCUT2D eigenvalue weighted by Crippen LogP contribution is -2.47. The summed E-state index contributed by atoms with van der Waals surface area (Å²) in [6.45, 7) is 1.43. The number of alkyl halides is 3. The SMILES string of the molecule is CN(c1cc(C(F)(F)F)nc(-c2ccccn2)n1)C1CCCN(c2cccnn2)C1. The summed E-state index contributed by atoms with van der Waals surface area (Å²) < 4.78 is 40.5. The number of halogens is 3. The van der Waals surface area contributed by atoms with Gasteiger partial charge in [0.05, 0.1) is 0 Å². The molecule has 3 aromatic heterocycles. The molecule has 0 amide bonds. The highest BCUT2D eigenvalue weighted by molar-refractivity contribution is 5.54. The highest BCUT2D eigenvalue weighted by atomic mass is 19.4. The molecule has 7 nitrogen and oxygen atoms in total. The van der Waals surface area contributed by atoms with Crippen LogP contribution in [0, 0.1) is 0 Å². The average Bonchev–Trinajstić information content (AvgIpc) is 2.79. The third kappa shape index (κ3) is 4.32. The van der Waals surface area contributed by atoms with Gasteiger partial charge in [0.1, 0.15) is 11.5 Å². The maximum absolute atomic E-state index is 13.5. The smallest absolute Gasteiger partial charge is 0.355 e. The van der Waals surface area contributed by atoms with Crippen LogP contribution in [-0.4, -0.2) is 51.3 Å². The maximum Gasteiger partial charge on any atom is 0.433 e. The van der Waals surface area contributed by atoms with Gasteiger partial charge in [-0.1, -0.05) is 6.07 Å². The molecule has 1 unspecified atom stereocenters. The standard InChI is InChI=1S/C20H20F3N7/c1-29(14-6-5-11-30(13-14)17-8-4-10-25-28-17)18-12-16(20(21,22)23)26-19(27-18)15-7-2-3-9-24-15/h2-4,7-10,12,14H,5-6,11,13H2,1H3. The Morgan fingerprint density at radius 3 is 2.67 bits per heavy atom. The van der Waals surface area contributed by atoms with E-state index in [0.717, 1.165) is 31.3 Å². The minimum atomic E-state index is -4.58. The van der Waals surface area contributed by atoms with Crippen LogP contribution >= 0.6 is 0 Å². The predicted octanol–water partition coefficient (Wildman–Crippen LogP) is 3.45.